The molecule has 2 fully saturated rings. The van der Waals surface area contributed by atoms with E-state index >= 15 is 0 Å². The summed E-state index contributed by atoms with van der Waals surface area (Å²) in [6, 6.07) is -0.907. The van der Waals surface area contributed by atoms with Gasteiger partial charge in [-0.25, -0.2) is 9.59 Å². The summed E-state index contributed by atoms with van der Waals surface area (Å²) < 4.78 is 0. The third kappa shape index (κ3) is 3.02. The number of hydrogen-bond acceptors (Lipinski definition) is 3. The summed E-state index contributed by atoms with van der Waals surface area (Å²) in [6.07, 6.45) is 1.99. The van der Waals surface area contributed by atoms with Gasteiger partial charge in [0, 0.05) is 39.6 Å². The normalized spacial score (nSPS) is 23.6. The number of likely N-dealkylation sites (tertiary alicyclic amines) is 1. The van der Waals surface area contributed by atoms with Crippen molar-refractivity contribution >= 4 is 17.9 Å². The first-order chi connectivity index (χ1) is 9.50. The average Bonchev–Trinajstić information content (AvgIpc) is 2.75. The summed E-state index contributed by atoms with van der Waals surface area (Å²) in [5.74, 6) is -0.917. The Hall–Kier alpha value is -1.79. The van der Waals surface area contributed by atoms with Gasteiger partial charge in [-0.05, 0) is 19.3 Å². The Balaban J connectivity index is 1.98. The van der Waals surface area contributed by atoms with Gasteiger partial charge >= 0.3 is 12.0 Å². The minimum Gasteiger partial charge on any atom is -0.480 e. The molecule has 0 saturated carbocycles. The van der Waals surface area contributed by atoms with E-state index in [1.165, 1.54) is 11.8 Å². The molecule has 7 heteroatoms. The van der Waals surface area contributed by atoms with Crippen LogP contribution in [-0.4, -0.2) is 76.5 Å². The lowest BCUT2D eigenvalue weighted by atomic mass is 10.2. The quantitative estimate of drug-likeness (QED) is 0.746. The second-order valence-electron chi connectivity index (χ2n) is 5.32. The van der Waals surface area contributed by atoms with Gasteiger partial charge in [0.1, 0.15) is 6.04 Å². The molecule has 0 spiro atoms. The molecule has 112 valence electrons. The van der Waals surface area contributed by atoms with Gasteiger partial charge in [-0.2, -0.15) is 0 Å². The predicted molar refractivity (Wildman–Crippen MR) is 71.2 cm³/mol. The smallest absolute Gasteiger partial charge is 0.326 e. The first kappa shape index (κ1) is 14.6. The maximum absolute atomic E-state index is 12.4. The number of nitrogens with zero attached hydrogens (tertiary/aromatic N) is 3. The van der Waals surface area contributed by atoms with Crippen LogP contribution in [-0.2, 0) is 9.59 Å². The van der Waals surface area contributed by atoms with Crippen molar-refractivity contribution in [2.75, 3.05) is 32.7 Å². The molecular formula is C13H21N3O4. The minimum atomic E-state index is -0.934. The second kappa shape index (κ2) is 6.11. The summed E-state index contributed by atoms with van der Waals surface area (Å²) >= 11 is 0. The summed E-state index contributed by atoms with van der Waals surface area (Å²) in [6.45, 7) is 4.25. The van der Waals surface area contributed by atoms with Crippen LogP contribution in [0.1, 0.15) is 26.2 Å². The average molecular weight is 283 g/mol. The highest BCUT2D eigenvalue weighted by Crippen LogP contribution is 2.20. The molecule has 0 radical (unpaired) electrons. The molecule has 2 aliphatic heterocycles. The van der Waals surface area contributed by atoms with E-state index in [1.54, 1.807) is 9.80 Å². The van der Waals surface area contributed by atoms with Gasteiger partial charge in [-0.1, -0.05) is 0 Å². The summed E-state index contributed by atoms with van der Waals surface area (Å²) in [7, 11) is 0. The number of hydrogen-bond donors (Lipinski definition) is 1. The van der Waals surface area contributed by atoms with Gasteiger partial charge in [0.2, 0.25) is 5.91 Å². The van der Waals surface area contributed by atoms with Crippen LogP contribution in [0.2, 0.25) is 0 Å². The largest absolute Gasteiger partial charge is 0.480 e. The summed E-state index contributed by atoms with van der Waals surface area (Å²) in [5.41, 5.74) is 0. The Labute approximate surface area is 118 Å². The SMILES string of the molecule is CC(=O)N1CCCN(C(=O)N2CCCC2C(=O)O)CC1. The molecule has 1 unspecified atom stereocenters. The molecule has 0 aromatic carbocycles. The van der Waals surface area contributed by atoms with Gasteiger partial charge < -0.3 is 19.8 Å². The van der Waals surface area contributed by atoms with Gasteiger partial charge in [-0.3, -0.25) is 4.79 Å². The van der Waals surface area contributed by atoms with Gasteiger partial charge in [0.15, 0.2) is 0 Å². The first-order valence-corrected chi connectivity index (χ1v) is 7.04. The molecule has 0 aromatic rings. The minimum absolute atomic E-state index is 0.0175. The third-order valence-electron chi connectivity index (χ3n) is 4.00. The maximum Gasteiger partial charge on any atom is 0.326 e. The van der Waals surface area contributed by atoms with Crippen LogP contribution >= 0.6 is 0 Å². The lowest BCUT2D eigenvalue weighted by molar-refractivity contribution is -0.141. The van der Waals surface area contributed by atoms with E-state index < -0.39 is 12.0 Å². The lowest BCUT2D eigenvalue weighted by Crippen LogP contribution is -2.49. The number of aliphatic carboxylic acids is 1. The van der Waals surface area contributed by atoms with E-state index in [0.717, 1.165) is 12.8 Å². The number of carbonyl (C=O) groups excluding carboxylic acids is 2. The molecular weight excluding hydrogens is 262 g/mol. The van der Waals surface area contributed by atoms with Crippen molar-refractivity contribution in [3.05, 3.63) is 0 Å². The Morgan fingerprint density at radius 2 is 1.60 bits per heavy atom. The van der Waals surface area contributed by atoms with Crippen molar-refractivity contribution < 1.29 is 19.5 Å². The number of rotatable bonds is 1. The fourth-order valence-electron chi connectivity index (χ4n) is 2.86. The van der Waals surface area contributed by atoms with E-state index in [0.29, 0.717) is 39.1 Å². The fraction of sp³-hybridized carbons (Fsp3) is 0.769. The zero-order chi connectivity index (χ0) is 14.7. The van der Waals surface area contributed by atoms with Crippen LogP contribution in [0, 0.1) is 0 Å². The van der Waals surface area contributed by atoms with Crippen molar-refractivity contribution in [2.45, 2.75) is 32.2 Å². The molecule has 1 N–H and O–H groups in total. The van der Waals surface area contributed by atoms with E-state index in [-0.39, 0.29) is 11.9 Å². The second-order valence-corrected chi connectivity index (χ2v) is 5.32. The first-order valence-electron chi connectivity index (χ1n) is 7.04. The van der Waals surface area contributed by atoms with Crippen molar-refractivity contribution in [3.8, 4) is 0 Å². The van der Waals surface area contributed by atoms with Crippen LogP contribution in [0.4, 0.5) is 4.79 Å². The highest BCUT2D eigenvalue weighted by atomic mass is 16.4. The van der Waals surface area contributed by atoms with Gasteiger partial charge in [-0.15, -0.1) is 0 Å². The Bertz CT molecular complexity index is 412. The van der Waals surface area contributed by atoms with Crippen LogP contribution in [0.3, 0.4) is 0 Å². The number of carboxylic acid groups (broad SMARTS) is 1. The maximum atomic E-state index is 12.4. The Morgan fingerprint density at radius 3 is 2.25 bits per heavy atom. The van der Waals surface area contributed by atoms with Gasteiger partial charge in [0.25, 0.3) is 0 Å². The molecule has 2 aliphatic rings. The van der Waals surface area contributed by atoms with Crippen LogP contribution in [0.5, 0.6) is 0 Å². The number of carbonyl (C=O) groups is 3. The standard InChI is InChI=1S/C13H21N3O4/c1-10(17)14-5-3-6-15(9-8-14)13(20)16-7-2-4-11(16)12(18)19/h11H,2-9H2,1H3,(H,18,19). The Morgan fingerprint density at radius 1 is 0.950 bits per heavy atom. The highest BCUT2D eigenvalue weighted by Gasteiger charge is 2.36. The molecule has 2 heterocycles. The van der Waals surface area contributed by atoms with Crippen molar-refractivity contribution in [2.24, 2.45) is 0 Å². The predicted octanol–water partition coefficient (Wildman–Crippen LogP) is 0.210. The number of urea groups is 1. The molecule has 2 rings (SSSR count). The van der Waals surface area contributed by atoms with Crippen molar-refractivity contribution in [1.29, 1.82) is 0 Å². The molecule has 20 heavy (non-hydrogen) atoms. The molecule has 0 aliphatic carbocycles. The van der Waals surface area contributed by atoms with Crippen LogP contribution < -0.4 is 0 Å². The summed E-state index contributed by atoms with van der Waals surface area (Å²) in [4.78, 5) is 39.8. The fourth-order valence-corrected chi connectivity index (χ4v) is 2.86. The zero-order valence-corrected chi connectivity index (χ0v) is 11.7. The molecule has 1 atom stereocenters. The molecule has 3 amide bonds. The van der Waals surface area contributed by atoms with Crippen molar-refractivity contribution in [1.82, 2.24) is 14.7 Å². The van der Waals surface area contributed by atoms with E-state index in [9.17, 15) is 14.4 Å². The zero-order valence-electron chi connectivity index (χ0n) is 11.7. The summed E-state index contributed by atoms with van der Waals surface area (Å²) in [5, 5.41) is 9.14. The monoisotopic (exact) mass is 283 g/mol. The Kier molecular flexibility index (Phi) is 4.46. The molecule has 7 nitrogen and oxygen atoms in total. The lowest BCUT2D eigenvalue weighted by Gasteiger charge is -2.29. The number of amides is 3. The number of carboxylic acids is 1. The molecule has 0 bridgehead atoms. The van der Waals surface area contributed by atoms with E-state index in [1.807, 2.05) is 0 Å². The molecule has 2 saturated heterocycles. The molecule has 0 aromatic heterocycles. The van der Waals surface area contributed by atoms with E-state index in [2.05, 4.69) is 0 Å². The van der Waals surface area contributed by atoms with Crippen LogP contribution in [0.15, 0.2) is 0 Å². The van der Waals surface area contributed by atoms with Crippen LogP contribution in [0.25, 0.3) is 0 Å². The van der Waals surface area contributed by atoms with E-state index in [4.69, 9.17) is 5.11 Å². The van der Waals surface area contributed by atoms with Crippen molar-refractivity contribution in [3.63, 3.8) is 0 Å². The third-order valence-corrected chi connectivity index (χ3v) is 4.00. The highest BCUT2D eigenvalue weighted by molar-refractivity contribution is 5.83. The van der Waals surface area contributed by atoms with Gasteiger partial charge in [0.05, 0.1) is 0 Å². The topological polar surface area (TPSA) is 81.2 Å².